The number of anilines is 1. The Labute approximate surface area is 194 Å². The van der Waals surface area contributed by atoms with E-state index in [4.69, 9.17) is 9.47 Å². The molecule has 7 nitrogen and oxygen atoms in total. The van der Waals surface area contributed by atoms with Crippen molar-refractivity contribution in [2.45, 2.75) is 11.3 Å². The average molecular weight is 481 g/mol. The third-order valence-corrected chi connectivity index (χ3v) is 7.96. The zero-order chi connectivity index (χ0) is 22.8. The van der Waals surface area contributed by atoms with Crippen molar-refractivity contribution in [1.82, 2.24) is 4.98 Å². The molecule has 4 aromatic rings. The number of thiazole rings is 1. The van der Waals surface area contributed by atoms with Crippen LogP contribution in [0.5, 0.6) is 11.5 Å². The maximum atomic E-state index is 12.7. The minimum Gasteiger partial charge on any atom is -0.486 e. The van der Waals surface area contributed by atoms with Crippen LogP contribution in [0.3, 0.4) is 0 Å². The summed E-state index contributed by atoms with van der Waals surface area (Å²) in [4.78, 5) is 17.2. The number of rotatable bonds is 6. The molecule has 9 heteroatoms. The third-order valence-electron chi connectivity index (χ3n) is 5.16. The smallest absolute Gasteiger partial charge is 0.225 e. The molecule has 1 aliphatic heterocycles. The first-order chi connectivity index (χ1) is 16.0. The Balaban J connectivity index is 1.25. The molecule has 0 aliphatic carbocycles. The molecule has 1 aliphatic rings. The molecule has 168 valence electrons. The highest BCUT2D eigenvalue weighted by atomic mass is 32.2. The molecule has 0 unspecified atom stereocenters. The molecular formula is C24H20N2O5S2. The Kier molecular flexibility index (Phi) is 5.74. The van der Waals surface area contributed by atoms with Gasteiger partial charge < -0.3 is 14.8 Å². The molecule has 1 N–H and O–H groups in total. The van der Waals surface area contributed by atoms with E-state index in [0.717, 1.165) is 20.8 Å². The summed E-state index contributed by atoms with van der Waals surface area (Å²) in [6.45, 7) is 0.800. The standard InChI is InChI=1S/C24H20N2O5S2/c27-23(10-13-33(28,29)18-8-9-20-21(15-18)31-12-11-30-20)25-17-5-3-4-16(14-17)24-26-19-6-1-2-7-22(19)32-24/h1-9,14-15H,10-13H2,(H,25,27). The average Bonchev–Trinajstić information content (AvgIpc) is 3.27. The number of carbonyl (C=O) groups is 1. The number of benzene rings is 3. The van der Waals surface area contributed by atoms with Gasteiger partial charge in [0, 0.05) is 23.7 Å². The largest absolute Gasteiger partial charge is 0.486 e. The van der Waals surface area contributed by atoms with E-state index in [1.54, 1.807) is 23.5 Å². The van der Waals surface area contributed by atoms with E-state index in [2.05, 4.69) is 10.3 Å². The normalized spacial score (nSPS) is 13.1. The van der Waals surface area contributed by atoms with Crippen molar-refractivity contribution in [1.29, 1.82) is 0 Å². The third kappa shape index (κ3) is 4.69. The lowest BCUT2D eigenvalue weighted by molar-refractivity contribution is -0.115. The number of carbonyl (C=O) groups excluding carboxylic acids is 1. The van der Waals surface area contributed by atoms with Gasteiger partial charge in [-0.15, -0.1) is 11.3 Å². The summed E-state index contributed by atoms with van der Waals surface area (Å²) in [5.41, 5.74) is 2.41. The molecule has 1 aromatic heterocycles. The highest BCUT2D eigenvalue weighted by molar-refractivity contribution is 7.91. The Hall–Kier alpha value is -3.43. The number of fused-ring (bicyclic) bond motifs is 2. The number of nitrogens with zero attached hydrogens (tertiary/aromatic N) is 1. The summed E-state index contributed by atoms with van der Waals surface area (Å²) in [6.07, 6.45) is -0.165. The molecule has 0 bridgehead atoms. The Morgan fingerprint density at radius 3 is 2.64 bits per heavy atom. The van der Waals surface area contributed by atoms with Crippen molar-refractivity contribution in [2.75, 3.05) is 24.3 Å². The van der Waals surface area contributed by atoms with Gasteiger partial charge in [-0.2, -0.15) is 0 Å². The molecule has 0 radical (unpaired) electrons. The van der Waals surface area contributed by atoms with E-state index in [0.29, 0.717) is 30.4 Å². The van der Waals surface area contributed by atoms with Crippen molar-refractivity contribution >= 4 is 43.0 Å². The summed E-state index contributed by atoms with van der Waals surface area (Å²) >= 11 is 1.58. The quantitative estimate of drug-likeness (QED) is 0.436. The Morgan fingerprint density at radius 2 is 1.79 bits per heavy atom. The fourth-order valence-electron chi connectivity index (χ4n) is 3.51. The molecule has 3 aromatic carbocycles. The van der Waals surface area contributed by atoms with Crippen molar-refractivity contribution < 1.29 is 22.7 Å². The van der Waals surface area contributed by atoms with Crippen LogP contribution in [-0.2, 0) is 14.6 Å². The predicted octanol–water partition coefficient (Wildman–Crippen LogP) is 4.54. The van der Waals surface area contributed by atoms with Crippen LogP contribution >= 0.6 is 11.3 Å². The number of aromatic nitrogens is 1. The van der Waals surface area contributed by atoms with Gasteiger partial charge >= 0.3 is 0 Å². The van der Waals surface area contributed by atoms with Gasteiger partial charge in [0.1, 0.15) is 18.2 Å². The van der Waals surface area contributed by atoms with Crippen LogP contribution in [0.25, 0.3) is 20.8 Å². The lowest BCUT2D eigenvalue weighted by Crippen LogP contribution is -2.18. The molecule has 0 atom stereocenters. The highest BCUT2D eigenvalue weighted by Crippen LogP contribution is 2.33. The first-order valence-corrected chi connectivity index (χ1v) is 12.8. The van der Waals surface area contributed by atoms with E-state index in [1.165, 1.54) is 12.1 Å². The van der Waals surface area contributed by atoms with Gasteiger partial charge in [-0.1, -0.05) is 24.3 Å². The topological polar surface area (TPSA) is 94.6 Å². The second-order valence-electron chi connectivity index (χ2n) is 7.49. The van der Waals surface area contributed by atoms with E-state index < -0.39 is 9.84 Å². The number of para-hydroxylation sites is 1. The van der Waals surface area contributed by atoms with E-state index in [9.17, 15) is 13.2 Å². The lowest BCUT2D eigenvalue weighted by Gasteiger charge is -2.18. The number of hydrogen-bond donors (Lipinski definition) is 1. The van der Waals surface area contributed by atoms with Crippen molar-refractivity contribution in [2.24, 2.45) is 0 Å². The molecule has 0 fully saturated rings. The number of hydrogen-bond acceptors (Lipinski definition) is 7. The van der Waals surface area contributed by atoms with Crippen LogP contribution in [0.4, 0.5) is 5.69 Å². The van der Waals surface area contributed by atoms with Crippen molar-refractivity contribution in [3.05, 3.63) is 66.7 Å². The summed E-state index contributed by atoms with van der Waals surface area (Å²) < 4.78 is 37.4. The molecule has 5 rings (SSSR count). The fourth-order valence-corrected chi connectivity index (χ4v) is 5.72. The summed E-state index contributed by atoms with van der Waals surface area (Å²) in [7, 11) is -3.65. The van der Waals surface area contributed by atoms with Crippen molar-refractivity contribution in [3.8, 4) is 22.1 Å². The predicted molar refractivity (Wildman–Crippen MR) is 128 cm³/mol. The van der Waals surface area contributed by atoms with Gasteiger partial charge in [-0.25, -0.2) is 13.4 Å². The van der Waals surface area contributed by atoms with Crippen LogP contribution < -0.4 is 14.8 Å². The van der Waals surface area contributed by atoms with Crippen LogP contribution in [0, 0.1) is 0 Å². The van der Waals surface area contributed by atoms with Gasteiger partial charge in [0.05, 0.1) is 20.9 Å². The summed E-state index contributed by atoms with van der Waals surface area (Å²) in [6, 6.07) is 19.8. The maximum Gasteiger partial charge on any atom is 0.225 e. The van der Waals surface area contributed by atoms with Gasteiger partial charge in [0.25, 0.3) is 0 Å². The van der Waals surface area contributed by atoms with Gasteiger partial charge in [0.2, 0.25) is 5.91 Å². The second-order valence-corrected chi connectivity index (χ2v) is 10.6. The minimum absolute atomic E-state index is 0.109. The monoisotopic (exact) mass is 480 g/mol. The molecule has 1 amide bonds. The molecule has 33 heavy (non-hydrogen) atoms. The zero-order valence-electron chi connectivity index (χ0n) is 17.5. The molecule has 0 spiro atoms. The number of ether oxygens (including phenoxy) is 2. The molecule has 2 heterocycles. The van der Waals surface area contributed by atoms with E-state index >= 15 is 0 Å². The van der Waals surface area contributed by atoms with Crippen LogP contribution in [-0.4, -0.2) is 38.3 Å². The van der Waals surface area contributed by atoms with Gasteiger partial charge in [-0.05, 0) is 36.4 Å². The molecule has 0 saturated carbocycles. The van der Waals surface area contributed by atoms with Crippen LogP contribution in [0.15, 0.2) is 71.6 Å². The zero-order valence-corrected chi connectivity index (χ0v) is 19.1. The molecule has 0 saturated heterocycles. The summed E-state index contributed by atoms with van der Waals surface area (Å²) in [5, 5.41) is 3.64. The SMILES string of the molecule is O=C(CCS(=O)(=O)c1ccc2c(c1)OCCO2)Nc1cccc(-c2nc3ccccc3s2)c1. The first-order valence-electron chi connectivity index (χ1n) is 10.4. The van der Waals surface area contributed by atoms with E-state index in [-0.39, 0.29) is 23.0 Å². The van der Waals surface area contributed by atoms with Gasteiger partial charge in [0.15, 0.2) is 21.3 Å². The second kappa shape index (κ2) is 8.84. The maximum absolute atomic E-state index is 12.7. The highest BCUT2D eigenvalue weighted by Gasteiger charge is 2.21. The Morgan fingerprint density at radius 1 is 0.970 bits per heavy atom. The van der Waals surface area contributed by atoms with E-state index in [1.807, 2.05) is 42.5 Å². The first kappa shape index (κ1) is 21.4. The number of nitrogens with one attached hydrogen (secondary N) is 1. The van der Waals surface area contributed by atoms with Crippen LogP contribution in [0.2, 0.25) is 0 Å². The minimum atomic E-state index is -3.65. The number of amides is 1. The van der Waals surface area contributed by atoms with Crippen LogP contribution in [0.1, 0.15) is 6.42 Å². The van der Waals surface area contributed by atoms with Gasteiger partial charge in [-0.3, -0.25) is 4.79 Å². The molecular weight excluding hydrogens is 460 g/mol. The summed E-state index contributed by atoms with van der Waals surface area (Å²) in [5.74, 6) is 0.234. The lowest BCUT2D eigenvalue weighted by atomic mass is 10.2. The number of sulfone groups is 1. The fraction of sp³-hybridized carbons (Fsp3) is 0.167. The van der Waals surface area contributed by atoms with Crippen molar-refractivity contribution in [3.63, 3.8) is 0 Å². The Bertz CT molecular complexity index is 1410.